The first kappa shape index (κ1) is 15.0. The van der Waals surface area contributed by atoms with Crippen molar-refractivity contribution in [3.63, 3.8) is 0 Å². The minimum atomic E-state index is -0.0372. The zero-order valence-corrected chi connectivity index (χ0v) is 13.6. The quantitative estimate of drug-likeness (QED) is 0.843. The molecule has 1 unspecified atom stereocenters. The molecule has 0 bridgehead atoms. The van der Waals surface area contributed by atoms with E-state index in [2.05, 4.69) is 25.9 Å². The van der Waals surface area contributed by atoms with Crippen molar-refractivity contribution >= 4 is 21.8 Å². The third kappa shape index (κ3) is 3.62. The zero-order chi connectivity index (χ0) is 15.4. The molecule has 0 N–H and O–H groups in total. The van der Waals surface area contributed by atoms with E-state index in [0.29, 0.717) is 18.0 Å². The second-order valence-electron chi connectivity index (χ2n) is 5.18. The molecule has 1 aliphatic rings. The van der Waals surface area contributed by atoms with E-state index in [1.807, 2.05) is 29.2 Å². The molecule has 1 saturated heterocycles. The topological polar surface area (TPSA) is 55.3 Å². The molecule has 1 aromatic carbocycles. The summed E-state index contributed by atoms with van der Waals surface area (Å²) in [6.45, 7) is 1.33. The van der Waals surface area contributed by atoms with Crippen molar-refractivity contribution in [3.05, 3.63) is 52.9 Å². The molecule has 2 aromatic rings. The Morgan fingerprint density at radius 3 is 2.82 bits per heavy atom. The number of piperidine rings is 1. The first-order valence-corrected chi connectivity index (χ1v) is 7.99. The summed E-state index contributed by atoms with van der Waals surface area (Å²) in [5, 5.41) is 0. The number of carbonyl (C=O) groups excluding carboxylic acids is 1. The summed E-state index contributed by atoms with van der Waals surface area (Å²) in [4.78, 5) is 22.5. The van der Waals surface area contributed by atoms with Crippen LogP contribution in [0.5, 0.6) is 5.88 Å². The highest BCUT2D eigenvalue weighted by molar-refractivity contribution is 9.10. The Bertz CT molecular complexity index is 634. The van der Waals surface area contributed by atoms with Gasteiger partial charge in [0, 0.05) is 29.0 Å². The molecule has 0 radical (unpaired) electrons. The van der Waals surface area contributed by atoms with E-state index in [0.717, 1.165) is 23.9 Å². The fourth-order valence-electron chi connectivity index (χ4n) is 2.51. The lowest BCUT2D eigenvalue weighted by Crippen LogP contribution is -2.44. The summed E-state index contributed by atoms with van der Waals surface area (Å²) < 4.78 is 6.78. The predicted molar refractivity (Wildman–Crippen MR) is 85.7 cm³/mol. The fraction of sp³-hybridized carbons (Fsp3) is 0.312. The molecule has 0 saturated carbocycles. The van der Waals surface area contributed by atoms with Crippen LogP contribution in [0.4, 0.5) is 0 Å². The van der Waals surface area contributed by atoms with Gasteiger partial charge in [-0.3, -0.25) is 9.78 Å². The summed E-state index contributed by atoms with van der Waals surface area (Å²) >= 11 is 3.38. The van der Waals surface area contributed by atoms with Gasteiger partial charge in [0.15, 0.2) is 0 Å². The van der Waals surface area contributed by atoms with Crippen LogP contribution in [-0.2, 0) is 0 Å². The standard InChI is InChI=1S/C16H16BrN3O2/c17-13-5-3-12(4-6-13)16(21)20-9-1-2-14(11-20)22-15-10-18-7-8-19-15/h3-8,10,14H,1-2,9,11H2. The number of carbonyl (C=O) groups is 1. The molecule has 0 aliphatic carbocycles. The van der Waals surface area contributed by atoms with Crippen molar-refractivity contribution in [2.24, 2.45) is 0 Å². The van der Waals surface area contributed by atoms with Gasteiger partial charge < -0.3 is 9.64 Å². The Kier molecular flexibility index (Phi) is 4.68. The first-order valence-electron chi connectivity index (χ1n) is 7.20. The molecule has 0 spiro atoms. The summed E-state index contributed by atoms with van der Waals surface area (Å²) in [5.41, 5.74) is 0.698. The maximum Gasteiger partial charge on any atom is 0.253 e. The van der Waals surface area contributed by atoms with Crippen LogP contribution in [0.3, 0.4) is 0 Å². The van der Waals surface area contributed by atoms with Crippen LogP contribution in [0.25, 0.3) is 0 Å². The Hall–Kier alpha value is -1.95. The molecule has 114 valence electrons. The van der Waals surface area contributed by atoms with Gasteiger partial charge >= 0.3 is 0 Å². The minimum absolute atomic E-state index is 0.0372. The van der Waals surface area contributed by atoms with Gasteiger partial charge in [0.05, 0.1) is 12.7 Å². The number of benzene rings is 1. The van der Waals surface area contributed by atoms with Crippen molar-refractivity contribution in [1.29, 1.82) is 0 Å². The second kappa shape index (κ2) is 6.87. The van der Waals surface area contributed by atoms with Crippen molar-refractivity contribution < 1.29 is 9.53 Å². The SMILES string of the molecule is O=C(c1ccc(Br)cc1)N1CCCC(Oc2cnccn2)C1. The van der Waals surface area contributed by atoms with E-state index in [1.165, 1.54) is 0 Å². The molecular formula is C16H16BrN3O2. The van der Waals surface area contributed by atoms with E-state index >= 15 is 0 Å². The Balaban J connectivity index is 1.65. The summed E-state index contributed by atoms with van der Waals surface area (Å²) in [7, 11) is 0. The second-order valence-corrected chi connectivity index (χ2v) is 6.10. The van der Waals surface area contributed by atoms with Gasteiger partial charge in [0.1, 0.15) is 6.10 Å². The lowest BCUT2D eigenvalue weighted by Gasteiger charge is -2.32. The monoisotopic (exact) mass is 361 g/mol. The molecule has 1 amide bonds. The first-order chi connectivity index (χ1) is 10.7. The third-order valence-corrected chi connectivity index (χ3v) is 4.11. The number of aromatic nitrogens is 2. The van der Waals surface area contributed by atoms with Gasteiger partial charge in [0.25, 0.3) is 5.91 Å². The molecule has 2 heterocycles. The Morgan fingerprint density at radius 1 is 1.27 bits per heavy atom. The van der Waals surface area contributed by atoms with Crippen LogP contribution in [0, 0.1) is 0 Å². The smallest absolute Gasteiger partial charge is 0.253 e. The van der Waals surface area contributed by atoms with Crippen LogP contribution in [-0.4, -0.2) is 40.0 Å². The number of halogens is 1. The number of ether oxygens (including phenoxy) is 1. The van der Waals surface area contributed by atoms with Crippen LogP contribution in [0.15, 0.2) is 47.3 Å². The van der Waals surface area contributed by atoms with E-state index < -0.39 is 0 Å². The highest BCUT2D eigenvalue weighted by Crippen LogP contribution is 2.19. The van der Waals surface area contributed by atoms with E-state index in [1.54, 1.807) is 18.6 Å². The molecule has 1 fully saturated rings. The van der Waals surface area contributed by atoms with E-state index in [-0.39, 0.29) is 12.0 Å². The molecule has 1 atom stereocenters. The molecule has 5 nitrogen and oxygen atoms in total. The molecular weight excluding hydrogens is 346 g/mol. The fourth-order valence-corrected chi connectivity index (χ4v) is 2.78. The zero-order valence-electron chi connectivity index (χ0n) is 12.0. The average Bonchev–Trinajstić information content (AvgIpc) is 2.56. The highest BCUT2D eigenvalue weighted by Gasteiger charge is 2.25. The van der Waals surface area contributed by atoms with Crippen molar-refractivity contribution in [2.45, 2.75) is 18.9 Å². The number of hydrogen-bond donors (Lipinski definition) is 0. The predicted octanol–water partition coefficient (Wildman–Crippen LogP) is 2.92. The third-order valence-electron chi connectivity index (χ3n) is 3.58. The number of rotatable bonds is 3. The normalized spacial score (nSPS) is 18.0. The molecule has 1 aromatic heterocycles. The number of likely N-dealkylation sites (tertiary alicyclic amines) is 1. The van der Waals surface area contributed by atoms with Crippen molar-refractivity contribution in [3.8, 4) is 5.88 Å². The summed E-state index contributed by atoms with van der Waals surface area (Å²) in [6.07, 6.45) is 6.61. The Morgan fingerprint density at radius 2 is 2.09 bits per heavy atom. The van der Waals surface area contributed by atoms with Gasteiger partial charge in [-0.1, -0.05) is 15.9 Å². The maximum absolute atomic E-state index is 12.5. The average molecular weight is 362 g/mol. The maximum atomic E-state index is 12.5. The van der Waals surface area contributed by atoms with Crippen LogP contribution >= 0.6 is 15.9 Å². The van der Waals surface area contributed by atoms with Crippen LogP contribution in [0.1, 0.15) is 23.2 Å². The molecule has 22 heavy (non-hydrogen) atoms. The molecule has 6 heteroatoms. The van der Waals surface area contributed by atoms with Gasteiger partial charge in [-0.25, -0.2) is 4.98 Å². The van der Waals surface area contributed by atoms with Crippen molar-refractivity contribution in [2.75, 3.05) is 13.1 Å². The van der Waals surface area contributed by atoms with Gasteiger partial charge in [-0.05, 0) is 37.1 Å². The minimum Gasteiger partial charge on any atom is -0.471 e. The number of hydrogen-bond acceptors (Lipinski definition) is 4. The summed E-state index contributed by atoms with van der Waals surface area (Å²) in [5.74, 6) is 0.547. The lowest BCUT2D eigenvalue weighted by molar-refractivity contribution is 0.0527. The molecule has 1 aliphatic heterocycles. The summed E-state index contributed by atoms with van der Waals surface area (Å²) in [6, 6.07) is 7.43. The van der Waals surface area contributed by atoms with Crippen LogP contribution < -0.4 is 4.74 Å². The van der Waals surface area contributed by atoms with Crippen LogP contribution in [0.2, 0.25) is 0 Å². The van der Waals surface area contributed by atoms with Gasteiger partial charge in [-0.15, -0.1) is 0 Å². The number of amides is 1. The highest BCUT2D eigenvalue weighted by atomic mass is 79.9. The molecule has 3 rings (SSSR count). The largest absolute Gasteiger partial charge is 0.471 e. The number of nitrogens with zero attached hydrogens (tertiary/aromatic N) is 3. The van der Waals surface area contributed by atoms with Gasteiger partial charge in [0.2, 0.25) is 5.88 Å². The van der Waals surface area contributed by atoms with Crippen molar-refractivity contribution in [1.82, 2.24) is 14.9 Å². The van der Waals surface area contributed by atoms with E-state index in [4.69, 9.17) is 4.74 Å². The Labute approximate surface area is 137 Å². The van der Waals surface area contributed by atoms with Gasteiger partial charge in [-0.2, -0.15) is 0 Å². The lowest BCUT2D eigenvalue weighted by atomic mass is 10.1. The van der Waals surface area contributed by atoms with E-state index in [9.17, 15) is 4.79 Å².